The van der Waals surface area contributed by atoms with Gasteiger partial charge in [-0.2, -0.15) is 5.26 Å². The monoisotopic (exact) mass is 478 g/mol. The fourth-order valence-electron chi connectivity index (χ4n) is 3.35. The number of nitrogens with one attached hydrogen (secondary N) is 1. The lowest BCUT2D eigenvalue weighted by atomic mass is 10.1. The molecule has 1 amide bonds. The number of halogens is 1. The quantitative estimate of drug-likeness (QED) is 0.501. The summed E-state index contributed by atoms with van der Waals surface area (Å²) in [6.07, 6.45) is 0. The molecule has 0 bridgehead atoms. The van der Waals surface area contributed by atoms with Crippen molar-refractivity contribution in [1.29, 1.82) is 5.26 Å². The average Bonchev–Trinajstić information content (AvgIpc) is 3.10. The highest BCUT2D eigenvalue weighted by Crippen LogP contribution is 2.31. The normalized spacial score (nSPS) is 11.1. The smallest absolute Gasteiger partial charge is 0.263 e. The van der Waals surface area contributed by atoms with Gasteiger partial charge in [-0.3, -0.25) is 9.69 Å². The van der Waals surface area contributed by atoms with Gasteiger partial charge in [-0.15, -0.1) is 23.7 Å². The van der Waals surface area contributed by atoms with Gasteiger partial charge in [0.05, 0.1) is 17.9 Å². The molecular weight excluding hydrogens is 444 g/mol. The second kappa shape index (κ2) is 12.8. The van der Waals surface area contributed by atoms with Gasteiger partial charge in [-0.25, -0.2) is 4.98 Å². The first-order valence-corrected chi connectivity index (χ1v) is 11.6. The first-order valence-electron chi connectivity index (χ1n) is 10.8. The summed E-state index contributed by atoms with van der Waals surface area (Å²) >= 11 is 1.35. The Morgan fingerprint density at radius 1 is 1.22 bits per heavy atom. The third kappa shape index (κ3) is 7.47. The van der Waals surface area contributed by atoms with Crippen LogP contribution in [0.15, 0.2) is 18.2 Å². The molecule has 2 rings (SSSR count). The molecule has 0 fully saturated rings. The fraction of sp³-hybridized carbons (Fsp3) is 0.542. The fourth-order valence-corrected chi connectivity index (χ4v) is 4.33. The van der Waals surface area contributed by atoms with Gasteiger partial charge in [0.2, 0.25) is 0 Å². The van der Waals surface area contributed by atoms with Gasteiger partial charge < -0.3 is 10.1 Å². The number of rotatable bonds is 10. The van der Waals surface area contributed by atoms with E-state index in [0.717, 1.165) is 17.1 Å². The molecule has 0 saturated carbocycles. The van der Waals surface area contributed by atoms with E-state index in [1.54, 1.807) is 12.1 Å². The zero-order valence-corrected chi connectivity index (χ0v) is 21.7. The Labute approximate surface area is 202 Å². The first-order chi connectivity index (χ1) is 14.6. The van der Waals surface area contributed by atoms with Gasteiger partial charge in [0.25, 0.3) is 5.91 Å². The Hall–Kier alpha value is -2.14. The van der Waals surface area contributed by atoms with E-state index in [9.17, 15) is 10.1 Å². The zero-order valence-electron chi connectivity index (χ0n) is 20.1. The Balaban J connectivity index is 0.00000512. The summed E-state index contributed by atoms with van der Waals surface area (Å²) in [4.78, 5) is 20.3. The molecule has 1 aromatic heterocycles. The number of aryl methyl sites for hydroxylation is 1. The van der Waals surface area contributed by atoms with Crippen LogP contribution in [-0.4, -0.2) is 47.6 Å². The molecular formula is C24H35ClN4O2S. The van der Waals surface area contributed by atoms with Crippen molar-refractivity contribution in [3.8, 4) is 22.4 Å². The SMILES string of the molecule is Cc1nc(-c2ccc(OCC(C)C)c(C#N)c2)sc1C(=O)NCCN(C(C)C)C(C)C.Cl. The molecule has 0 saturated heterocycles. The van der Waals surface area contributed by atoms with Gasteiger partial charge in [0, 0.05) is 30.7 Å². The molecule has 176 valence electrons. The number of carbonyl (C=O) groups is 1. The molecule has 0 atom stereocenters. The van der Waals surface area contributed by atoms with E-state index in [4.69, 9.17) is 4.74 Å². The Kier molecular flexibility index (Phi) is 11.1. The second-order valence-electron chi connectivity index (χ2n) is 8.64. The summed E-state index contributed by atoms with van der Waals surface area (Å²) in [7, 11) is 0. The number of carbonyl (C=O) groups excluding carboxylic acids is 1. The molecule has 32 heavy (non-hydrogen) atoms. The standard InChI is InChI=1S/C24H34N4O2S.ClH/c1-15(2)14-30-21-9-8-19(12-20(21)13-25)24-27-18(7)22(31-24)23(29)26-10-11-28(16(3)4)17(5)6;/h8-9,12,15-17H,10-11,14H2,1-7H3,(H,26,29);1H. The van der Waals surface area contributed by atoms with Gasteiger partial charge in [-0.1, -0.05) is 13.8 Å². The van der Waals surface area contributed by atoms with Crippen LogP contribution in [0.5, 0.6) is 5.75 Å². The number of ether oxygens (including phenoxy) is 1. The topological polar surface area (TPSA) is 78.2 Å². The minimum atomic E-state index is -0.105. The summed E-state index contributed by atoms with van der Waals surface area (Å²) in [5.41, 5.74) is 1.98. The van der Waals surface area contributed by atoms with Crippen LogP contribution in [0.1, 0.15) is 62.5 Å². The van der Waals surface area contributed by atoms with Crippen molar-refractivity contribution in [2.75, 3.05) is 19.7 Å². The summed E-state index contributed by atoms with van der Waals surface area (Å²) < 4.78 is 5.74. The lowest BCUT2D eigenvalue weighted by Gasteiger charge is -2.30. The largest absolute Gasteiger partial charge is 0.492 e. The molecule has 0 unspecified atom stereocenters. The molecule has 1 aromatic carbocycles. The number of aromatic nitrogens is 1. The van der Waals surface area contributed by atoms with Gasteiger partial charge in [0.1, 0.15) is 21.7 Å². The molecule has 0 spiro atoms. The Morgan fingerprint density at radius 3 is 2.44 bits per heavy atom. The van der Waals surface area contributed by atoms with Gasteiger partial charge in [-0.05, 0) is 58.7 Å². The molecule has 1 N–H and O–H groups in total. The summed E-state index contributed by atoms with van der Waals surface area (Å²) in [5, 5.41) is 13.3. The number of hydrogen-bond donors (Lipinski definition) is 1. The lowest BCUT2D eigenvalue weighted by molar-refractivity contribution is 0.0942. The number of benzene rings is 1. The summed E-state index contributed by atoms with van der Waals surface area (Å²) in [6.45, 7) is 16.6. The summed E-state index contributed by atoms with van der Waals surface area (Å²) in [6, 6.07) is 8.52. The number of hydrogen-bond acceptors (Lipinski definition) is 6. The van der Waals surface area contributed by atoms with E-state index < -0.39 is 0 Å². The summed E-state index contributed by atoms with van der Waals surface area (Å²) in [5.74, 6) is 0.846. The van der Waals surface area contributed by atoms with E-state index in [0.29, 0.717) is 53.0 Å². The molecule has 6 nitrogen and oxygen atoms in total. The highest BCUT2D eigenvalue weighted by Gasteiger charge is 2.18. The minimum absolute atomic E-state index is 0. The van der Waals surface area contributed by atoms with Crippen LogP contribution in [0.4, 0.5) is 0 Å². The van der Waals surface area contributed by atoms with Crippen molar-refractivity contribution in [2.24, 2.45) is 5.92 Å². The van der Waals surface area contributed by atoms with Crippen LogP contribution in [0.2, 0.25) is 0 Å². The van der Waals surface area contributed by atoms with Crippen LogP contribution in [-0.2, 0) is 0 Å². The highest BCUT2D eigenvalue weighted by molar-refractivity contribution is 7.17. The Bertz CT molecular complexity index is 927. The predicted octanol–water partition coefficient (Wildman–Crippen LogP) is 5.30. The molecule has 0 radical (unpaired) electrons. The Morgan fingerprint density at radius 2 is 1.88 bits per heavy atom. The first kappa shape index (κ1) is 27.9. The molecule has 0 aliphatic heterocycles. The van der Waals surface area contributed by atoms with Gasteiger partial charge >= 0.3 is 0 Å². The van der Waals surface area contributed by atoms with E-state index in [1.807, 2.05) is 13.0 Å². The number of nitriles is 1. The molecule has 0 aliphatic carbocycles. The van der Waals surface area contributed by atoms with Crippen molar-refractivity contribution >= 4 is 29.7 Å². The molecule has 2 aromatic rings. The number of nitrogens with zero attached hydrogens (tertiary/aromatic N) is 3. The van der Waals surface area contributed by atoms with Crippen molar-refractivity contribution in [1.82, 2.24) is 15.2 Å². The van der Waals surface area contributed by atoms with Crippen molar-refractivity contribution in [3.05, 3.63) is 34.3 Å². The zero-order chi connectivity index (χ0) is 23.1. The van der Waals surface area contributed by atoms with Gasteiger partial charge in [0.15, 0.2) is 0 Å². The predicted molar refractivity (Wildman–Crippen MR) is 134 cm³/mol. The van der Waals surface area contributed by atoms with E-state index in [1.165, 1.54) is 11.3 Å². The molecule has 8 heteroatoms. The van der Waals surface area contributed by atoms with E-state index in [2.05, 4.69) is 62.8 Å². The van der Waals surface area contributed by atoms with E-state index in [-0.39, 0.29) is 18.3 Å². The lowest BCUT2D eigenvalue weighted by Crippen LogP contribution is -2.42. The number of thiazole rings is 1. The van der Waals surface area contributed by atoms with Crippen LogP contribution in [0.25, 0.3) is 10.6 Å². The maximum absolute atomic E-state index is 12.7. The maximum atomic E-state index is 12.7. The van der Waals surface area contributed by atoms with Crippen molar-refractivity contribution < 1.29 is 9.53 Å². The second-order valence-corrected chi connectivity index (χ2v) is 9.64. The van der Waals surface area contributed by atoms with Crippen molar-refractivity contribution in [2.45, 2.75) is 60.5 Å². The third-order valence-corrected chi connectivity index (χ3v) is 6.11. The average molecular weight is 479 g/mol. The highest BCUT2D eigenvalue weighted by atomic mass is 35.5. The van der Waals surface area contributed by atoms with Crippen LogP contribution >= 0.6 is 23.7 Å². The third-order valence-electron chi connectivity index (χ3n) is 4.90. The van der Waals surface area contributed by atoms with Crippen LogP contribution < -0.4 is 10.1 Å². The van der Waals surface area contributed by atoms with Crippen LogP contribution in [0.3, 0.4) is 0 Å². The maximum Gasteiger partial charge on any atom is 0.263 e. The minimum Gasteiger partial charge on any atom is -0.492 e. The molecule has 0 aliphatic rings. The van der Waals surface area contributed by atoms with E-state index >= 15 is 0 Å². The van der Waals surface area contributed by atoms with Crippen molar-refractivity contribution in [3.63, 3.8) is 0 Å². The van der Waals surface area contributed by atoms with Crippen LogP contribution in [0, 0.1) is 24.2 Å². The number of amides is 1. The molecule has 1 heterocycles.